The van der Waals surface area contributed by atoms with Crippen LogP contribution in [0.2, 0.25) is 0 Å². The first-order valence-electron chi connectivity index (χ1n) is 5.97. The maximum atomic E-state index is 11.5. The molecule has 0 radical (unpaired) electrons. The third-order valence-corrected chi connectivity index (χ3v) is 5.13. The second-order valence-corrected chi connectivity index (χ2v) is 5.52. The first kappa shape index (κ1) is 8.75. The van der Waals surface area contributed by atoms with Gasteiger partial charge in [0.2, 0.25) is 0 Å². The predicted octanol–water partition coefficient (Wildman–Crippen LogP) is 2.68. The molecular formula is C12H18O2. The van der Waals surface area contributed by atoms with Crippen LogP contribution in [0.5, 0.6) is 0 Å². The zero-order chi connectivity index (χ0) is 9.76. The molecule has 14 heavy (non-hydrogen) atoms. The van der Waals surface area contributed by atoms with Crippen molar-refractivity contribution >= 4 is 5.97 Å². The third-order valence-electron chi connectivity index (χ3n) is 5.13. The van der Waals surface area contributed by atoms with Gasteiger partial charge in [-0.25, -0.2) is 0 Å². The Morgan fingerprint density at radius 2 is 2.07 bits per heavy atom. The van der Waals surface area contributed by atoms with Crippen LogP contribution in [0.15, 0.2) is 0 Å². The predicted molar refractivity (Wildman–Crippen MR) is 52.9 cm³/mol. The number of aliphatic carboxylic acids is 1. The summed E-state index contributed by atoms with van der Waals surface area (Å²) in [7, 11) is 0. The van der Waals surface area contributed by atoms with Crippen molar-refractivity contribution in [2.24, 2.45) is 23.2 Å². The quantitative estimate of drug-likeness (QED) is 0.696. The van der Waals surface area contributed by atoms with Crippen molar-refractivity contribution in [1.29, 1.82) is 0 Å². The highest BCUT2D eigenvalue weighted by atomic mass is 16.4. The largest absolute Gasteiger partial charge is 0.481 e. The summed E-state index contributed by atoms with van der Waals surface area (Å²) in [6.07, 6.45) is 8.19. The fourth-order valence-corrected chi connectivity index (χ4v) is 4.65. The fourth-order valence-electron chi connectivity index (χ4n) is 4.65. The Balaban J connectivity index is 2.00. The fraction of sp³-hybridized carbons (Fsp3) is 0.917. The number of carboxylic acid groups (broad SMARTS) is 1. The first-order valence-corrected chi connectivity index (χ1v) is 5.97. The van der Waals surface area contributed by atoms with Crippen LogP contribution in [0.3, 0.4) is 0 Å². The van der Waals surface area contributed by atoms with Gasteiger partial charge in [0.1, 0.15) is 0 Å². The van der Waals surface area contributed by atoms with Gasteiger partial charge in [-0.2, -0.15) is 0 Å². The van der Waals surface area contributed by atoms with E-state index in [-0.39, 0.29) is 5.41 Å². The van der Waals surface area contributed by atoms with Crippen molar-refractivity contribution < 1.29 is 9.90 Å². The third kappa shape index (κ3) is 0.896. The van der Waals surface area contributed by atoms with Gasteiger partial charge in [0, 0.05) is 0 Å². The molecule has 2 bridgehead atoms. The molecule has 0 heterocycles. The summed E-state index contributed by atoms with van der Waals surface area (Å²) >= 11 is 0. The maximum absolute atomic E-state index is 11.5. The van der Waals surface area contributed by atoms with Gasteiger partial charge in [-0.05, 0) is 43.4 Å². The highest BCUT2D eigenvalue weighted by molar-refractivity contribution is 5.76. The summed E-state index contributed by atoms with van der Waals surface area (Å²) in [6.45, 7) is 0. The van der Waals surface area contributed by atoms with Crippen LogP contribution in [-0.4, -0.2) is 11.1 Å². The van der Waals surface area contributed by atoms with E-state index < -0.39 is 5.97 Å². The number of carboxylic acids is 1. The Morgan fingerprint density at radius 3 is 2.86 bits per heavy atom. The zero-order valence-corrected chi connectivity index (χ0v) is 8.54. The minimum Gasteiger partial charge on any atom is -0.481 e. The molecule has 0 aromatic carbocycles. The lowest BCUT2D eigenvalue weighted by Crippen LogP contribution is -2.36. The number of hydrogen-bond donors (Lipinski definition) is 1. The lowest BCUT2D eigenvalue weighted by atomic mass is 9.71. The average molecular weight is 194 g/mol. The monoisotopic (exact) mass is 194 g/mol. The molecule has 0 amide bonds. The zero-order valence-electron chi connectivity index (χ0n) is 8.54. The first-order chi connectivity index (χ1) is 6.74. The molecule has 3 aliphatic carbocycles. The van der Waals surface area contributed by atoms with E-state index in [1.165, 1.54) is 25.7 Å². The standard InChI is InChI=1S/C12H18O2/c13-11(14)12-6-2-3-8(7-12)9-4-1-5-10(9)12/h8-10H,1-7H2,(H,13,14)/t8-,9-,10-,12-/m1/s1. The average Bonchev–Trinajstić information content (AvgIpc) is 2.71. The Morgan fingerprint density at radius 1 is 1.21 bits per heavy atom. The van der Waals surface area contributed by atoms with Gasteiger partial charge in [-0.1, -0.05) is 19.3 Å². The molecule has 3 fully saturated rings. The maximum Gasteiger partial charge on any atom is 0.309 e. The van der Waals surface area contributed by atoms with Crippen molar-refractivity contribution in [2.45, 2.75) is 44.9 Å². The van der Waals surface area contributed by atoms with Crippen LogP contribution in [-0.2, 0) is 4.79 Å². The number of hydrogen-bond acceptors (Lipinski definition) is 1. The van der Waals surface area contributed by atoms with Crippen LogP contribution >= 0.6 is 0 Å². The second kappa shape index (κ2) is 2.74. The second-order valence-electron chi connectivity index (χ2n) is 5.52. The molecule has 0 saturated heterocycles. The van der Waals surface area contributed by atoms with E-state index in [1.807, 2.05) is 0 Å². The normalized spacial score (nSPS) is 50.4. The minimum atomic E-state index is -0.489. The molecule has 3 saturated carbocycles. The molecule has 2 heteroatoms. The molecule has 78 valence electrons. The molecule has 0 aliphatic heterocycles. The van der Waals surface area contributed by atoms with Gasteiger partial charge in [0.05, 0.1) is 5.41 Å². The molecule has 3 rings (SSSR count). The smallest absolute Gasteiger partial charge is 0.309 e. The summed E-state index contributed by atoms with van der Waals surface area (Å²) in [6, 6.07) is 0. The van der Waals surface area contributed by atoms with Gasteiger partial charge < -0.3 is 5.11 Å². The van der Waals surface area contributed by atoms with Crippen molar-refractivity contribution in [3.63, 3.8) is 0 Å². The van der Waals surface area contributed by atoms with E-state index in [0.29, 0.717) is 5.92 Å². The highest BCUT2D eigenvalue weighted by Gasteiger charge is 2.60. The van der Waals surface area contributed by atoms with Crippen LogP contribution in [0.1, 0.15) is 44.9 Å². The van der Waals surface area contributed by atoms with Crippen molar-refractivity contribution in [3.05, 3.63) is 0 Å². The molecular weight excluding hydrogens is 176 g/mol. The Bertz CT molecular complexity index is 273. The van der Waals surface area contributed by atoms with E-state index in [2.05, 4.69) is 0 Å². The van der Waals surface area contributed by atoms with Gasteiger partial charge in [-0.3, -0.25) is 4.79 Å². The van der Waals surface area contributed by atoms with Crippen LogP contribution < -0.4 is 0 Å². The summed E-state index contributed by atoms with van der Waals surface area (Å²) in [5.74, 6) is 1.57. The van der Waals surface area contributed by atoms with Crippen LogP contribution in [0.4, 0.5) is 0 Å². The minimum absolute atomic E-state index is 0.288. The lowest BCUT2D eigenvalue weighted by Gasteiger charge is -2.32. The van der Waals surface area contributed by atoms with Crippen molar-refractivity contribution in [3.8, 4) is 0 Å². The molecule has 0 aromatic heterocycles. The summed E-state index contributed by atoms with van der Waals surface area (Å²) in [4.78, 5) is 11.5. The number of rotatable bonds is 1. The van der Waals surface area contributed by atoms with Crippen molar-refractivity contribution in [2.75, 3.05) is 0 Å². The number of carbonyl (C=O) groups is 1. The SMILES string of the molecule is O=C(O)[C@]12CCC[C@H](C1)[C@H]1CCC[C@H]12. The molecule has 4 atom stereocenters. The topological polar surface area (TPSA) is 37.3 Å². The molecule has 3 aliphatic rings. The van der Waals surface area contributed by atoms with Gasteiger partial charge >= 0.3 is 5.97 Å². The molecule has 1 N–H and O–H groups in total. The van der Waals surface area contributed by atoms with Gasteiger partial charge in [0.25, 0.3) is 0 Å². The van der Waals surface area contributed by atoms with Gasteiger partial charge in [-0.15, -0.1) is 0 Å². The summed E-state index contributed by atoms with van der Waals surface area (Å²) in [5, 5.41) is 9.46. The highest BCUT2D eigenvalue weighted by Crippen LogP contribution is 2.63. The Kier molecular flexibility index (Phi) is 1.71. The van der Waals surface area contributed by atoms with Gasteiger partial charge in [0.15, 0.2) is 0 Å². The van der Waals surface area contributed by atoms with E-state index >= 15 is 0 Å². The molecule has 2 nitrogen and oxygen atoms in total. The summed E-state index contributed by atoms with van der Waals surface area (Å²) < 4.78 is 0. The van der Waals surface area contributed by atoms with Crippen molar-refractivity contribution in [1.82, 2.24) is 0 Å². The Labute approximate surface area is 84.7 Å². The molecule has 0 aromatic rings. The Hall–Kier alpha value is -0.530. The van der Waals surface area contributed by atoms with E-state index in [0.717, 1.165) is 31.1 Å². The lowest BCUT2D eigenvalue weighted by molar-refractivity contribution is -0.153. The summed E-state index contributed by atoms with van der Waals surface area (Å²) in [5.41, 5.74) is -0.288. The molecule has 0 unspecified atom stereocenters. The van der Waals surface area contributed by atoms with Crippen LogP contribution in [0.25, 0.3) is 0 Å². The van der Waals surface area contributed by atoms with Crippen LogP contribution in [0, 0.1) is 23.2 Å². The van der Waals surface area contributed by atoms with E-state index in [9.17, 15) is 9.90 Å². The number of fused-ring (bicyclic) bond motifs is 5. The van der Waals surface area contributed by atoms with E-state index in [4.69, 9.17) is 0 Å². The molecule has 0 spiro atoms. The van der Waals surface area contributed by atoms with E-state index in [1.54, 1.807) is 0 Å².